The molecule has 1 amide bonds. The Bertz CT molecular complexity index is 807. The topological polar surface area (TPSA) is 65.6 Å². The summed E-state index contributed by atoms with van der Waals surface area (Å²) in [7, 11) is 1.63. The number of ether oxygens (including phenoxy) is 1. The molecule has 1 N–H and O–H groups in total. The summed E-state index contributed by atoms with van der Waals surface area (Å²) in [5, 5.41) is 0.964. The highest BCUT2D eigenvalue weighted by Crippen LogP contribution is 2.19. The zero-order valence-corrected chi connectivity index (χ0v) is 14.9. The van der Waals surface area contributed by atoms with Crippen molar-refractivity contribution in [1.82, 2.24) is 14.8 Å². The molecule has 0 saturated carbocycles. The van der Waals surface area contributed by atoms with Gasteiger partial charge in [0.15, 0.2) is 0 Å². The molecule has 0 bridgehead atoms. The van der Waals surface area contributed by atoms with Gasteiger partial charge in [-0.3, -0.25) is 14.5 Å². The van der Waals surface area contributed by atoms with Gasteiger partial charge in [0.05, 0.1) is 7.11 Å². The maximum Gasteiger partial charge on any atom is 0.252 e. The number of methoxy groups -OCH3 is 1. The molecule has 0 atom stereocenters. The molecule has 134 valence electrons. The van der Waals surface area contributed by atoms with E-state index in [9.17, 15) is 9.59 Å². The van der Waals surface area contributed by atoms with Crippen LogP contribution in [0, 0.1) is 0 Å². The Kier molecular flexibility index (Phi) is 5.38. The van der Waals surface area contributed by atoms with Gasteiger partial charge in [0, 0.05) is 55.6 Å². The average Bonchev–Trinajstić information content (AvgIpc) is 2.63. The van der Waals surface area contributed by atoms with E-state index < -0.39 is 0 Å². The number of aromatic amines is 1. The largest absolute Gasteiger partial charge is 0.497 e. The molecule has 2 aromatic rings. The number of nitrogens with one attached hydrogen (secondary N) is 1. The van der Waals surface area contributed by atoms with Crippen LogP contribution in [0.1, 0.15) is 25.3 Å². The SMILES string of the molecule is CCCC(=O)N1CCN(Cc2cc3cc(OC)ccc3[nH]c2=O)CC1. The van der Waals surface area contributed by atoms with Crippen LogP contribution in [0.3, 0.4) is 0 Å². The first-order valence-corrected chi connectivity index (χ1v) is 8.80. The van der Waals surface area contributed by atoms with Gasteiger partial charge in [-0.1, -0.05) is 6.92 Å². The average molecular weight is 343 g/mol. The minimum absolute atomic E-state index is 0.0536. The Hall–Kier alpha value is -2.34. The minimum Gasteiger partial charge on any atom is -0.497 e. The fourth-order valence-corrected chi connectivity index (χ4v) is 3.24. The number of hydrogen-bond acceptors (Lipinski definition) is 4. The van der Waals surface area contributed by atoms with Gasteiger partial charge < -0.3 is 14.6 Å². The molecule has 1 aliphatic rings. The summed E-state index contributed by atoms with van der Waals surface area (Å²) in [6.07, 6.45) is 1.50. The second-order valence-corrected chi connectivity index (χ2v) is 6.48. The van der Waals surface area contributed by atoms with Gasteiger partial charge in [0.25, 0.3) is 5.56 Å². The summed E-state index contributed by atoms with van der Waals surface area (Å²) in [4.78, 5) is 31.4. The highest BCUT2D eigenvalue weighted by Gasteiger charge is 2.21. The molecular weight excluding hydrogens is 318 g/mol. The number of carbonyl (C=O) groups is 1. The third kappa shape index (κ3) is 4.02. The van der Waals surface area contributed by atoms with Gasteiger partial charge in [0.2, 0.25) is 5.91 Å². The van der Waals surface area contributed by atoms with Crippen molar-refractivity contribution in [2.45, 2.75) is 26.3 Å². The first-order valence-electron chi connectivity index (χ1n) is 8.80. The Labute approximate surface area is 147 Å². The number of pyridine rings is 1. The lowest BCUT2D eigenvalue weighted by Gasteiger charge is -2.34. The number of hydrogen-bond donors (Lipinski definition) is 1. The van der Waals surface area contributed by atoms with E-state index in [0.717, 1.165) is 54.8 Å². The number of fused-ring (bicyclic) bond motifs is 1. The third-order valence-electron chi connectivity index (χ3n) is 4.71. The number of aromatic nitrogens is 1. The predicted octanol–water partition coefficient (Wildman–Crippen LogP) is 1.98. The number of carbonyl (C=O) groups excluding carboxylic acids is 1. The van der Waals surface area contributed by atoms with Crippen LogP contribution in [0.5, 0.6) is 5.75 Å². The Balaban J connectivity index is 1.70. The van der Waals surface area contributed by atoms with Crippen molar-refractivity contribution in [3.8, 4) is 5.75 Å². The molecule has 2 heterocycles. The molecule has 0 unspecified atom stereocenters. The number of piperazine rings is 1. The summed E-state index contributed by atoms with van der Waals surface area (Å²) in [6, 6.07) is 7.56. The minimum atomic E-state index is -0.0536. The first-order chi connectivity index (χ1) is 12.1. The molecule has 1 aromatic carbocycles. The predicted molar refractivity (Wildman–Crippen MR) is 97.9 cm³/mol. The molecule has 1 aliphatic heterocycles. The van der Waals surface area contributed by atoms with Crippen molar-refractivity contribution in [2.75, 3.05) is 33.3 Å². The van der Waals surface area contributed by atoms with Crippen LogP contribution >= 0.6 is 0 Å². The monoisotopic (exact) mass is 343 g/mol. The number of nitrogens with zero attached hydrogens (tertiary/aromatic N) is 2. The third-order valence-corrected chi connectivity index (χ3v) is 4.71. The van der Waals surface area contributed by atoms with Crippen LogP contribution in [-0.4, -0.2) is 54.0 Å². The van der Waals surface area contributed by atoms with Crippen LogP contribution in [0.25, 0.3) is 10.9 Å². The highest BCUT2D eigenvalue weighted by molar-refractivity contribution is 5.80. The van der Waals surface area contributed by atoms with Crippen LogP contribution in [0.2, 0.25) is 0 Å². The van der Waals surface area contributed by atoms with E-state index >= 15 is 0 Å². The van der Waals surface area contributed by atoms with Crippen molar-refractivity contribution >= 4 is 16.8 Å². The first kappa shape index (κ1) is 17.5. The standard InChI is InChI=1S/C19H25N3O3/c1-3-4-18(23)22-9-7-21(8-10-22)13-15-11-14-12-16(25-2)5-6-17(14)20-19(15)24/h5-6,11-12H,3-4,7-10,13H2,1-2H3,(H,20,24). The summed E-state index contributed by atoms with van der Waals surface area (Å²) in [6.45, 7) is 5.68. The molecule has 1 fully saturated rings. The van der Waals surface area contributed by atoms with E-state index in [1.807, 2.05) is 36.1 Å². The quantitative estimate of drug-likeness (QED) is 0.902. The number of benzene rings is 1. The highest BCUT2D eigenvalue weighted by atomic mass is 16.5. The lowest BCUT2D eigenvalue weighted by Crippen LogP contribution is -2.48. The van der Waals surface area contributed by atoms with Crippen molar-refractivity contribution in [3.63, 3.8) is 0 Å². The summed E-state index contributed by atoms with van der Waals surface area (Å²) < 4.78 is 5.26. The molecular formula is C19H25N3O3. The van der Waals surface area contributed by atoms with Gasteiger partial charge in [-0.15, -0.1) is 0 Å². The second kappa shape index (κ2) is 7.70. The van der Waals surface area contributed by atoms with Crippen molar-refractivity contribution in [2.24, 2.45) is 0 Å². The summed E-state index contributed by atoms with van der Waals surface area (Å²) >= 11 is 0. The molecule has 0 aliphatic carbocycles. The van der Waals surface area contributed by atoms with Crippen molar-refractivity contribution in [3.05, 3.63) is 40.2 Å². The van der Waals surface area contributed by atoms with E-state index in [1.165, 1.54) is 0 Å². The number of H-pyrrole nitrogens is 1. The van der Waals surface area contributed by atoms with Crippen LogP contribution in [0.4, 0.5) is 0 Å². The lowest BCUT2D eigenvalue weighted by molar-refractivity contribution is -0.133. The smallest absolute Gasteiger partial charge is 0.252 e. The molecule has 0 radical (unpaired) electrons. The molecule has 25 heavy (non-hydrogen) atoms. The zero-order chi connectivity index (χ0) is 17.8. The maximum absolute atomic E-state index is 12.3. The van der Waals surface area contributed by atoms with Gasteiger partial charge in [-0.25, -0.2) is 0 Å². The van der Waals surface area contributed by atoms with E-state index in [-0.39, 0.29) is 11.5 Å². The Morgan fingerprint density at radius 3 is 2.64 bits per heavy atom. The summed E-state index contributed by atoms with van der Waals surface area (Å²) in [5.74, 6) is 1.01. The maximum atomic E-state index is 12.3. The van der Waals surface area contributed by atoms with Crippen molar-refractivity contribution < 1.29 is 9.53 Å². The van der Waals surface area contributed by atoms with Gasteiger partial charge >= 0.3 is 0 Å². The fraction of sp³-hybridized carbons (Fsp3) is 0.474. The fourth-order valence-electron chi connectivity index (χ4n) is 3.24. The van der Waals surface area contributed by atoms with Gasteiger partial charge in [-0.05, 0) is 30.7 Å². The second-order valence-electron chi connectivity index (χ2n) is 6.48. The number of amides is 1. The van der Waals surface area contributed by atoms with Crippen LogP contribution in [-0.2, 0) is 11.3 Å². The zero-order valence-electron chi connectivity index (χ0n) is 14.9. The van der Waals surface area contributed by atoms with Crippen LogP contribution in [0.15, 0.2) is 29.1 Å². The van der Waals surface area contributed by atoms with Crippen molar-refractivity contribution in [1.29, 1.82) is 0 Å². The normalized spacial score (nSPS) is 15.5. The Morgan fingerprint density at radius 2 is 1.96 bits per heavy atom. The van der Waals surface area contributed by atoms with Gasteiger partial charge in [0.1, 0.15) is 5.75 Å². The van der Waals surface area contributed by atoms with E-state index in [1.54, 1.807) is 7.11 Å². The van der Waals surface area contributed by atoms with Crippen LogP contribution < -0.4 is 10.3 Å². The van der Waals surface area contributed by atoms with E-state index in [4.69, 9.17) is 4.74 Å². The van der Waals surface area contributed by atoms with E-state index in [0.29, 0.717) is 13.0 Å². The molecule has 6 heteroatoms. The molecule has 1 saturated heterocycles. The molecule has 0 spiro atoms. The number of rotatable bonds is 5. The van der Waals surface area contributed by atoms with Gasteiger partial charge in [-0.2, -0.15) is 0 Å². The summed E-state index contributed by atoms with van der Waals surface area (Å²) in [5.41, 5.74) is 1.50. The molecule has 6 nitrogen and oxygen atoms in total. The Morgan fingerprint density at radius 1 is 1.20 bits per heavy atom. The lowest BCUT2D eigenvalue weighted by atomic mass is 10.1. The molecule has 3 rings (SSSR count). The van der Waals surface area contributed by atoms with E-state index in [2.05, 4.69) is 9.88 Å². The molecule has 1 aromatic heterocycles.